The first-order valence-electron chi connectivity index (χ1n) is 14.8. The topological polar surface area (TPSA) is 86.8 Å². The molecule has 0 spiro atoms. The summed E-state index contributed by atoms with van der Waals surface area (Å²) in [5.41, 5.74) is 3.41. The van der Waals surface area contributed by atoms with Crippen molar-refractivity contribution in [1.29, 1.82) is 0 Å². The number of esters is 1. The zero-order valence-corrected chi connectivity index (χ0v) is 26.2. The predicted molar refractivity (Wildman–Crippen MR) is 172 cm³/mol. The molecule has 0 saturated heterocycles. The summed E-state index contributed by atoms with van der Waals surface area (Å²) >= 11 is 0. The smallest absolute Gasteiger partial charge is 0.469 e. The van der Waals surface area contributed by atoms with Gasteiger partial charge in [-0.05, 0) is 75.5 Å². The molecular weight excluding hydrogens is 609 g/mol. The number of nitrogens with one attached hydrogen (secondary N) is 1. The molecule has 242 valence electrons. The van der Waals surface area contributed by atoms with Crippen LogP contribution in [0.15, 0.2) is 103 Å². The molecule has 5 aromatic rings. The minimum absolute atomic E-state index is 0.0397. The van der Waals surface area contributed by atoms with Gasteiger partial charge in [-0.2, -0.15) is 0 Å². The second kappa shape index (κ2) is 13.5. The molecule has 1 heterocycles. The largest absolute Gasteiger partial charge is 0.573 e. The third-order valence-electron chi connectivity index (χ3n) is 7.52. The minimum atomic E-state index is -4.77. The van der Waals surface area contributed by atoms with Crippen LogP contribution in [0, 0.1) is 0 Å². The van der Waals surface area contributed by atoms with Crippen molar-refractivity contribution in [1.82, 2.24) is 10.3 Å². The highest BCUT2D eigenvalue weighted by Crippen LogP contribution is 2.30. The van der Waals surface area contributed by atoms with E-state index in [-0.39, 0.29) is 23.3 Å². The van der Waals surface area contributed by atoms with E-state index < -0.39 is 24.3 Å². The summed E-state index contributed by atoms with van der Waals surface area (Å²) in [6.45, 7) is 6.45. The molecule has 0 bridgehead atoms. The number of methoxy groups -OCH3 is 1. The van der Waals surface area contributed by atoms with E-state index in [9.17, 15) is 22.8 Å². The Morgan fingerprint density at radius 3 is 1.96 bits per heavy atom. The Hall–Kier alpha value is -5.38. The SMILES string of the molecule is COC(=O)CC(NC(=O)c1cc2ccc(Oc3ccc(C(C)(C)C)cc3)cc2cn1)c1ccc(-c2ccc(OC(F)(F)F)cc2)cc1. The molecule has 1 unspecified atom stereocenters. The van der Waals surface area contributed by atoms with Crippen LogP contribution in [0.2, 0.25) is 0 Å². The number of pyridine rings is 1. The molecule has 0 aliphatic heterocycles. The van der Waals surface area contributed by atoms with Gasteiger partial charge < -0.3 is 19.5 Å². The monoisotopic (exact) mass is 642 g/mol. The molecule has 5 rings (SSSR count). The number of ether oxygens (including phenoxy) is 3. The fourth-order valence-corrected chi connectivity index (χ4v) is 4.96. The number of benzene rings is 4. The number of nitrogens with zero attached hydrogens (tertiary/aromatic N) is 1. The van der Waals surface area contributed by atoms with Gasteiger partial charge in [0.2, 0.25) is 0 Å². The van der Waals surface area contributed by atoms with Crippen molar-refractivity contribution in [3.05, 3.63) is 120 Å². The van der Waals surface area contributed by atoms with Gasteiger partial charge in [-0.15, -0.1) is 13.2 Å². The molecule has 0 aliphatic rings. The van der Waals surface area contributed by atoms with E-state index in [4.69, 9.17) is 9.47 Å². The summed E-state index contributed by atoms with van der Waals surface area (Å²) in [6.07, 6.45) is -3.31. The van der Waals surface area contributed by atoms with Gasteiger partial charge in [0.05, 0.1) is 19.6 Å². The Balaban J connectivity index is 1.29. The molecule has 4 aromatic carbocycles. The lowest BCUT2D eigenvalue weighted by molar-refractivity contribution is -0.274. The Morgan fingerprint density at radius 1 is 0.766 bits per heavy atom. The lowest BCUT2D eigenvalue weighted by Crippen LogP contribution is -2.31. The van der Waals surface area contributed by atoms with Gasteiger partial charge in [-0.3, -0.25) is 14.6 Å². The quantitative estimate of drug-likeness (QED) is 0.162. The maximum atomic E-state index is 13.3. The molecule has 1 N–H and O–H groups in total. The lowest BCUT2D eigenvalue weighted by Gasteiger charge is -2.19. The number of carbonyl (C=O) groups is 2. The zero-order chi connectivity index (χ0) is 33.8. The fraction of sp³-hybridized carbons (Fsp3) is 0.216. The number of amides is 1. The van der Waals surface area contributed by atoms with E-state index in [1.165, 1.54) is 36.9 Å². The summed E-state index contributed by atoms with van der Waals surface area (Å²) in [5.74, 6) is 0.0133. The lowest BCUT2D eigenvalue weighted by atomic mass is 9.87. The van der Waals surface area contributed by atoms with Crippen molar-refractivity contribution in [2.45, 2.75) is 45.0 Å². The number of carbonyl (C=O) groups excluding carboxylic acids is 2. The van der Waals surface area contributed by atoms with Crippen LogP contribution in [0.25, 0.3) is 21.9 Å². The second-order valence-corrected chi connectivity index (χ2v) is 12.0. The van der Waals surface area contributed by atoms with Crippen LogP contribution in [0.3, 0.4) is 0 Å². The number of hydrogen-bond donors (Lipinski definition) is 1. The first-order valence-corrected chi connectivity index (χ1v) is 14.8. The molecule has 47 heavy (non-hydrogen) atoms. The van der Waals surface area contributed by atoms with Crippen LogP contribution in [0.4, 0.5) is 13.2 Å². The van der Waals surface area contributed by atoms with Crippen LogP contribution in [0.5, 0.6) is 17.2 Å². The summed E-state index contributed by atoms with van der Waals surface area (Å²) in [7, 11) is 1.26. The van der Waals surface area contributed by atoms with E-state index >= 15 is 0 Å². The predicted octanol–water partition coefficient (Wildman–Crippen LogP) is 8.92. The van der Waals surface area contributed by atoms with E-state index in [2.05, 4.69) is 35.8 Å². The van der Waals surface area contributed by atoms with E-state index in [1.54, 1.807) is 36.5 Å². The van der Waals surface area contributed by atoms with Crippen molar-refractivity contribution >= 4 is 22.6 Å². The van der Waals surface area contributed by atoms with Crippen molar-refractivity contribution in [2.24, 2.45) is 0 Å². The third kappa shape index (κ3) is 8.66. The first-order chi connectivity index (χ1) is 22.3. The van der Waals surface area contributed by atoms with Crippen LogP contribution in [-0.2, 0) is 14.9 Å². The molecule has 1 aromatic heterocycles. The average molecular weight is 643 g/mol. The summed E-state index contributed by atoms with van der Waals surface area (Å²) in [4.78, 5) is 29.9. The van der Waals surface area contributed by atoms with E-state index in [0.717, 1.165) is 16.3 Å². The maximum Gasteiger partial charge on any atom is 0.573 e. The van der Waals surface area contributed by atoms with E-state index in [1.807, 2.05) is 42.5 Å². The van der Waals surface area contributed by atoms with Gasteiger partial charge in [0.15, 0.2) is 0 Å². The molecular formula is C37H33F3N2O5. The van der Waals surface area contributed by atoms with Gasteiger partial charge in [0.25, 0.3) is 5.91 Å². The van der Waals surface area contributed by atoms with Gasteiger partial charge in [-0.1, -0.05) is 75.4 Å². The first kappa shape index (κ1) is 33.0. The molecule has 1 atom stereocenters. The molecule has 0 aliphatic carbocycles. The van der Waals surface area contributed by atoms with Gasteiger partial charge in [0.1, 0.15) is 22.9 Å². The normalized spacial score (nSPS) is 12.3. The van der Waals surface area contributed by atoms with Gasteiger partial charge in [0, 0.05) is 11.6 Å². The average Bonchev–Trinajstić information content (AvgIpc) is 3.03. The fourth-order valence-electron chi connectivity index (χ4n) is 4.96. The summed E-state index contributed by atoms with van der Waals surface area (Å²) in [5, 5.41) is 4.44. The Labute approximate surface area is 270 Å². The molecule has 1 amide bonds. The van der Waals surface area contributed by atoms with E-state index in [0.29, 0.717) is 22.6 Å². The van der Waals surface area contributed by atoms with Crippen LogP contribution >= 0.6 is 0 Å². The highest BCUT2D eigenvalue weighted by atomic mass is 19.4. The highest BCUT2D eigenvalue weighted by molar-refractivity contribution is 5.97. The molecule has 0 radical (unpaired) electrons. The third-order valence-corrected chi connectivity index (χ3v) is 7.52. The van der Waals surface area contributed by atoms with Crippen molar-refractivity contribution in [2.75, 3.05) is 7.11 Å². The Kier molecular flexibility index (Phi) is 9.51. The minimum Gasteiger partial charge on any atom is -0.469 e. The molecule has 10 heteroatoms. The number of fused-ring (bicyclic) bond motifs is 1. The maximum absolute atomic E-state index is 13.3. The number of rotatable bonds is 9. The van der Waals surface area contributed by atoms with Gasteiger partial charge in [-0.25, -0.2) is 0 Å². The molecule has 7 nitrogen and oxygen atoms in total. The Morgan fingerprint density at radius 2 is 1.36 bits per heavy atom. The molecule has 0 fully saturated rings. The van der Waals surface area contributed by atoms with Crippen LogP contribution < -0.4 is 14.8 Å². The van der Waals surface area contributed by atoms with Crippen molar-refractivity contribution in [3.63, 3.8) is 0 Å². The van der Waals surface area contributed by atoms with Crippen molar-refractivity contribution < 1.29 is 37.0 Å². The zero-order valence-electron chi connectivity index (χ0n) is 26.2. The number of aromatic nitrogens is 1. The van der Waals surface area contributed by atoms with Crippen LogP contribution in [-0.4, -0.2) is 30.3 Å². The standard InChI is InChI=1S/C37H33F3N2O5/c1-36(2,3)28-12-17-29(18-13-28)46-31-16-11-26-20-33(41-22-27(26)19-31)35(44)42-32(21-34(43)45-4)25-7-5-23(6-8-25)24-9-14-30(15-10-24)47-37(38,39)40/h5-20,22,32H,21H2,1-4H3,(H,42,44). The van der Waals surface area contributed by atoms with Crippen molar-refractivity contribution in [3.8, 4) is 28.4 Å². The summed E-state index contributed by atoms with van der Waals surface area (Å²) < 4.78 is 52.3. The van der Waals surface area contributed by atoms with Gasteiger partial charge >= 0.3 is 12.3 Å². The second-order valence-electron chi connectivity index (χ2n) is 12.0. The number of halogens is 3. The molecule has 0 saturated carbocycles. The Bertz CT molecular complexity index is 1870. The van der Waals surface area contributed by atoms with Crippen LogP contribution in [0.1, 0.15) is 54.8 Å². The number of alkyl halides is 3. The summed E-state index contributed by atoms with van der Waals surface area (Å²) in [6, 6.07) is 26.8. The number of hydrogen-bond acceptors (Lipinski definition) is 6. The highest BCUT2D eigenvalue weighted by Gasteiger charge is 2.31.